The van der Waals surface area contributed by atoms with E-state index in [-0.39, 0.29) is 0 Å². The van der Waals surface area contributed by atoms with Crippen LogP contribution in [-0.4, -0.2) is 13.6 Å². The minimum Gasteiger partial charge on any atom is -0.374 e. The van der Waals surface area contributed by atoms with Gasteiger partial charge in [-0.3, -0.25) is 0 Å². The smallest absolute Gasteiger partial charge is 0.0405 e. The second kappa shape index (κ2) is 3.77. The molecule has 2 aromatic rings. The van der Waals surface area contributed by atoms with Crippen LogP contribution in [0.25, 0.3) is 10.1 Å². The van der Waals surface area contributed by atoms with Gasteiger partial charge in [0.15, 0.2) is 0 Å². The third-order valence-corrected chi connectivity index (χ3v) is 4.64. The number of thiophene rings is 1. The van der Waals surface area contributed by atoms with Crippen molar-refractivity contribution in [2.24, 2.45) is 0 Å². The van der Waals surface area contributed by atoms with Gasteiger partial charge in [0, 0.05) is 24.0 Å². The molecule has 2 heterocycles. The Morgan fingerprint density at radius 3 is 3.06 bits per heavy atom. The average molecular weight is 231 g/mol. The van der Waals surface area contributed by atoms with Gasteiger partial charge in [0.1, 0.15) is 0 Å². The molecular weight excluding hydrogens is 214 g/mol. The molecule has 1 aromatic carbocycles. The Balaban J connectivity index is 2.32. The topological polar surface area (TPSA) is 3.24 Å². The van der Waals surface area contributed by atoms with Gasteiger partial charge < -0.3 is 4.90 Å². The molecule has 0 bridgehead atoms. The summed E-state index contributed by atoms with van der Waals surface area (Å²) in [7, 11) is 2.22. The second-order valence-electron chi connectivity index (χ2n) is 4.73. The SMILES string of the molecule is Cc1cc2c(c3ccsc13)CCCCN2C. The van der Waals surface area contributed by atoms with Crippen LogP contribution in [0, 0.1) is 6.92 Å². The van der Waals surface area contributed by atoms with Crippen LogP contribution in [0.5, 0.6) is 0 Å². The number of anilines is 1. The van der Waals surface area contributed by atoms with Crippen LogP contribution in [0.3, 0.4) is 0 Å². The molecule has 0 fully saturated rings. The lowest BCUT2D eigenvalue weighted by atomic mass is 10.0. The average Bonchev–Trinajstić information content (AvgIpc) is 2.69. The maximum Gasteiger partial charge on any atom is 0.0405 e. The molecule has 1 aliphatic heterocycles. The lowest BCUT2D eigenvalue weighted by molar-refractivity contribution is 0.751. The fourth-order valence-electron chi connectivity index (χ4n) is 2.72. The molecule has 16 heavy (non-hydrogen) atoms. The summed E-state index contributed by atoms with van der Waals surface area (Å²) in [6.45, 7) is 3.43. The van der Waals surface area contributed by atoms with E-state index in [4.69, 9.17) is 0 Å². The maximum absolute atomic E-state index is 2.42. The first-order valence-corrected chi connectivity index (χ1v) is 6.86. The summed E-state index contributed by atoms with van der Waals surface area (Å²) in [6, 6.07) is 4.67. The third kappa shape index (κ3) is 1.44. The maximum atomic E-state index is 2.42. The molecule has 1 aromatic heterocycles. The normalized spacial score (nSPS) is 16.2. The Morgan fingerprint density at radius 1 is 1.31 bits per heavy atom. The van der Waals surface area contributed by atoms with Crippen LogP contribution >= 0.6 is 11.3 Å². The van der Waals surface area contributed by atoms with E-state index < -0.39 is 0 Å². The third-order valence-electron chi connectivity index (χ3n) is 3.59. The number of nitrogens with zero attached hydrogens (tertiary/aromatic N) is 1. The van der Waals surface area contributed by atoms with Gasteiger partial charge in [0.2, 0.25) is 0 Å². The molecule has 0 aliphatic carbocycles. The molecule has 0 saturated heterocycles. The van der Waals surface area contributed by atoms with Crippen LogP contribution in [-0.2, 0) is 6.42 Å². The highest BCUT2D eigenvalue weighted by molar-refractivity contribution is 7.17. The van der Waals surface area contributed by atoms with Crippen molar-refractivity contribution in [2.45, 2.75) is 26.2 Å². The zero-order valence-electron chi connectivity index (χ0n) is 9.92. The minimum absolute atomic E-state index is 1.20. The standard InChI is InChI=1S/C14H17NS/c1-10-9-13-11(5-3-4-7-15(13)2)12-6-8-16-14(10)12/h6,8-9H,3-5,7H2,1-2H3. The van der Waals surface area contributed by atoms with Crippen LogP contribution in [0.4, 0.5) is 5.69 Å². The number of hydrogen-bond acceptors (Lipinski definition) is 2. The molecule has 3 rings (SSSR count). The highest BCUT2D eigenvalue weighted by atomic mass is 32.1. The Bertz CT molecular complexity index is 527. The lowest BCUT2D eigenvalue weighted by Gasteiger charge is -2.20. The fraction of sp³-hybridized carbons (Fsp3) is 0.429. The Kier molecular flexibility index (Phi) is 2.40. The summed E-state index contributed by atoms with van der Waals surface area (Å²) in [4.78, 5) is 2.42. The summed E-state index contributed by atoms with van der Waals surface area (Å²) < 4.78 is 1.48. The Morgan fingerprint density at radius 2 is 2.19 bits per heavy atom. The summed E-state index contributed by atoms with van der Waals surface area (Å²) in [5, 5.41) is 3.72. The number of benzene rings is 1. The number of aryl methyl sites for hydroxylation is 2. The first-order chi connectivity index (χ1) is 7.77. The molecule has 0 atom stereocenters. The second-order valence-corrected chi connectivity index (χ2v) is 5.65. The van der Waals surface area contributed by atoms with Gasteiger partial charge in [-0.2, -0.15) is 0 Å². The minimum atomic E-state index is 1.20. The summed E-state index contributed by atoms with van der Waals surface area (Å²) in [6.07, 6.45) is 3.88. The van der Waals surface area contributed by atoms with Crippen LogP contribution in [0.1, 0.15) is 24.0 Å². The van der Waals surface area contributed by atoms with Crippen LogP contribution < -0.4 is 4.90 Å². The van der Waals surface area contributed by atoms with Crippen molar-refractivity contribution < 1.29 is 0 Å². The van der Waals surface area contributed by atoms with Gasteiger partial charge in [-0.1, -0.05) is 0 Å². The van der Waals surface area contributed by atoms with Crippen LogP contribution in [0.15, 0.2) is 17.5 Å². The number of hydrogen-bond donors (Lipinski definition) is 0. The van der Waals surface area contributed by atoms with Gasteiger partial charge in [0.25, 0.3) is 0 Å². The van der Waals surface area contributed by atoms with Gasteiger partial charge in [-0.05, 0) is 60.2 Å². The van der Waals surface area contributed by atoms with Crippen molar-refractivity contribution in [3.8, 4) is 0 Å². The Labute approximate surface area is 101 Å². The first-order valence-electron chi connectivity index (χ1n) is 5.98. The molecule has 84 valence electrons. The predicted molar refractivity (Wildman–Crippen MR) is 72.8 cm³/mol. The lowest BCUT2D eigenvalue weighted by Crippen LogP contribution is -2.17. The van der Waals surface area contributed by atoms with E-state index in [9.17, 15) is 0 Å². The molecule has 0 amide bonds. The highest BCUT2D eigenvalue weighted by Gasteiger charge is 2.16. The van der Waals surface area contributed by atoms with E-state index >= 15 is 0 Å². The van der Waals surface area contributed by atoms with E-state index in [1.54, 1.807) is 5.56 Å². The van der Waals surface area contributed by atoms with Crippen molar-refractivity contribution in [1.29, 1.82) is 0 Å². The molecule has 0 unspecified atom stereocenters. The van der Waals surface area contributed by atoms with Crippen molar-refractivity contribution in [2.75, 3.05) is 18.5 Å². The van der Waals surface area contributed by atoms with Gasteiger partial charge in [-0.15, -0.1) is 11.3 Å². The monoisotopic (exact) mass is 231 g/mol. The summed E-state index contributed by atoms with van der Waals surface area (Å²) >= 11 is 1.88. The highest BCUT2D eigenvalue weighted by Crippen LogP contribution is 2.36. The van der Waals surface area contributed by atoms with Gasteiger partial charge in [0.05, 0.1) is 0 Å². The van der Waals surface area contributed by atoms with E-state index in [2.05, 4.69) is 36.4 Å². The molecule has 1 nitrogen and oxygen atoms in total. The molecule has 1 aliphatic rings. The molecule has 0 N–H and O–H groups in total. The fourth-order valence-corrected chi connectivity index (χ4v) is 3.63. The van der Waals surface area contributed by atoms with Crippen LogP contribution in [0.2, 0.25) is 0 Å². The van der Waals surface area contributed by atoms with E-state index in [1.165, 1.54) is 47.1 Å². The zero-order chi connectivity index (χ0) is 11.1. The van der Waals surface area contributed by atoms with E-state index in [0.717, 1.165) is 0 Å². The molecular formula is C14H17NS. The molecule has 0 radical (unpaired) electrons. The number of fused-ring (bicyclic) bond motifs is 3. The van der Waals surface area contributed by atoms with E-state index in [0.29, 0.717) is 0 Å². The van der Waals surface area contributed by atoms with Gasteiger partial charge >= 0.3 is 0 Å². The van der Waals surface area contributed by atoms with Crippen molar-refractivity contribution in [3.05, 3.63) is 28.6 Å². The van der Waals surface area contributed by atoms with Crippen molar-refractivity contribution in [3.63, 3.8) is 0 Å². The predicted octanol–water partition coefficient (Wildman–Crippen LogP) is 3.98. The first kappa shape index (κ1) is 10.2. The molecule has 0 saturated carbocycles. The largest absolute Gasteiger partial charge is 0.374 e. The summed E-state index contributed by atoms with van der Waals surface area (Å²) in [5.41, 5.74) is 4.46. The van der Waals surface area contributed by atoms with Gasteiger partial charge in [-0.25, -0.2) is 0 Å². The zero-order valence-corrected chi connectivity index (χ0v) is 10.7. The van der Waals surface area contributed by atoms with Crippen molar-refractivity contribution >= 4 is 27.1 Å². The summed E-state index contributed by atoms with van der Waals surface area (Å²) in [5.74, 6) is 0. The molecule has 2 heteroatoms. The number of rotatable bonds is 0. The van der Waals surface area contributed by atoms with E-state index in [1.807, 2.05) is 11.3 Å². The Hall–Kier alpha value is -1.02. The molecule has 0 spiro atoms. The quantitative estimate of drug-likeness (QED) is 0.663. The van der Waals surface area contributed by atoms with Crippen molar-refractivity contribution in [1.82, 2.24) is 0 Å².